The Labute approximate surface area is 155 Å². The number of hydrogen-bond donors (Lipinski definition) is 0. The minimum absolute atomic E-state index is 0. The van der Waals surface area contributed by atoms with Crippen LogP contribution in [0.15, 0.2) is 28.7 Å². The third-order valence-electron chi connectivity index (χ3n) is 4.10. The predicted molar refractivity (Wildman–Crippen MR) is 102 cm³/mol. The summed E-state index contributed by atoms with van der Waals surface area (Å²) in [5.41, 5.74) is 1.34. The molecule has 3 nitrogen and oxygen atoms in total. The average Bonchev–Trinajstić information content (AvgIpc) is 2.55. The molecule has 1 heterocycles. The highest BCUT2D eigenvalue weighted by Gasteiger charge is 2.16. The summed E-state index contributed by atoms with van der Waals surface area (Å²) >= 11 is 3.47. The molecule has 1 aromatic rings. The van der Waals surface area contributed by atoms with E-state index in [0.717, 1.165) is 56.8 Å². The van der Waals surface area contributed by atoms with Gasteiger partial charge in [0.05, 0.1) is 25.9 Å². The number of unbranched alkanes of at least 4 members (excludes halogenated alkanes) is 1. The van der Waals surface area contributed by atoms with E-state index >= 15 is 0 Å². The summed E-state index contributed by atoms with van der Waals surface area (Å²) in [6.07, 6.45) is 4.98. The molecule has 0 bridgehead atoms. The molecule has 0 amide bonds. The van der Waals surface area contributed by atoms with E-state index in [1.807, 2.05) is 0 Å². The van der Waals surface area contributed by atoms with Gasteiger partial charge in [0.2, 0.25) is 0 Å². The zero-order valence-electron chi connectivity index (χ0n) is 14.0. The van der Waals surface area contributed by atoms with Crippen molar-refractivity contribution in [3.63, 3.8) is 0 Å². The van der Waals surface area contributed by atoms with Crippen molar-refractivity contribution in [2.75, 3.05) is 39.5 Å². The Morgan fingerprint density at radius 2 is 1.91 bits per heavy atom. The van der Waals surface area contributed by atoms with Gasteiger partial charge in [-0.2, -0.15) is 0 Å². The lowest BCUT2D eigenvalue weighted by Crippen LogP contribution is -2.41. The van der Waals surface area contributed by atoms with Crippen molar-refractivity contribution < 1.29 is 9.47 Å². The fourth-order valence-corrected chi connectivity index (χ4v) is 2.99. The third kappa shape index (κ3) is 8.50. The Hall–Kier alpha value is -0.130. The van der Waals surface area contributed by atoms with Crippen molar-refractivity contribution in [3.05, 3.63) is 34.3 Å². The second-order valence-corrected chi connectivity index (χ2v) is 6.84. The van der Waals surface area contributed by atoms with Crippen molar-refractivity contribution in [2.24, 2.45) is 0 Å². The number of halogens is 2. The highest BCUT2D eigenvalue weighted by molar-refractivity contribution is 9.10. The van der Waals surface area contributed by atoms with Gasteiger partial charge in [-0.05, 0) is 30.5 Å². The van der Waals surface area contributed by atoms with Crippen molar-refractivity contribution in [3.8, 4) is 0 Å². The molecule has 23 heavy (non-hydrogen) atoms. The maximum Gasteiger partial charge on any atom is 0.0702 e. The lowest BCUT2D eigenvalue weighted by Gasteiger charge is -2.30. The number of rotatable bonds is 9. The van der Waals surface area contributed by atoms with Crippen molar-refractivity contribution in [1.82, 2.24) is 4.90 Å². The summed E-state index contributed by atoms with van der Waals surface area (Å²) in [5.74, 6) is 0. The summed E-state index contributed by atoms with van der Waals surface area (Å²) in [6, 6.07) is 8.52. The zero-order chi connectivity index (χ0) is 15.6. The van der Waals surface area contributed by atoms with E-state index in [1.165, 1.54) is 18.4 Å². The maximum absolute atomic E-state index is 6.19. The van der Waals surface area contributed by atoms with Crippen LogP contribution in [-0.2, 0) is 15.9 Å². The second-order valence-electron chi connectivity index (χ2n) is 5.92. The molecule has 0 spiro atoms. The molecule has 5 heteroatoms. The summed E-state index contributed by atoms with van der Waals surface area (Å²) < 4.78 is 12.7. The van der Waals surface area contributed by atoms with Crippen LogP contribution in [0, 0.1) is 0 Å². The molecule has 1 aromatic carbocycles. The number of benzene rings is 1. The number of hydrogen-bond acceptors (Lipinski definition) is 3. The topological polar surface area (TPSA) is 21.7 Å². The standard InChI is InChI=1S/C18H28BrNO2.ClH/c1-2-3-4-18(15-20-10-13-21-14-11-20)22-12-9-16-5-7-17(19)8-6-16;/h5-8,18H,2-4,9-15H2,1H3;1H. The molecular formula is C18H29BrClNO2. The Morgan fingerprint density at radius 1 is 1.22 bits per heavy atom. The molecule has 1 atom stereocenters. The van der Waals surface area contributed by atoms with E-state index in [-0.39, 0.29) is 12.4 Å². The first-order valence-electron chi connectivity index (χ1n) is 8.44. The SMILES string of the molecule is CCCCC(CN1CCOCC1)OCCc1ccc(Br)cc1.Cl. The van der Waals surface area contributed by atoms with Crippen LogP contribution in [-0.4, -0.2) is 50.5 Å². The van der Waals surface area contributed by atoms with Crippen LogP contribution < -0.4 is 0 Å². The van der Waals surface area contributed by atoms with Crippen LogP contribution in [0.3, 0.4) is 0 Å². The van der Waals surface area contributed by atoms with E-state index in [4.69, 9.17) is 9.47 Å². The predicted octanol–water partition coefficient (Wildman–Crippen LogP) is 4.32. The van der Waals surface area contributed by atoms with Gasteiger partial charge in [-0.3, -0.25) is 4.90 Å². The molecular weight excluding hydrogens is 378 g/mol. The number of nitrogens with zero attached hydrogens (tertiary/aromatic N) is 1. The van der Waals surface area contributed by atoms with Gasteiger partial charge in [0.15, 0.2) is 0 Å². The molecule has 0 aromatic heterocycles. The van der Waals surface area contributed by atoms with Crippen molar-refractivity contribution >= 4 is 28.3 Å². The molecule has 1 aliphatic rings. The van der Waals surface area contributed by atoms with Gasteiger partial charge in [0.1, 0.15) is 0 Å². The molecule has 132 valence electrons. The zero-order valence-corrected chi connectivity index (χ0v) is 16.4. The van der Waals surface area contributed by atoms with E-state index in [2.05, 4.69) is 52.0 Å². The first-order valence-corrected chi connectivity index (χ1v) is 9.23. The first-order chi connectivity index (χ1) is 10.8. The van der Waals surface area contributed by atoms with Crippen LogP contribution in [0.4, 0.5) is 0 Å². The summed E-state index contributed by atoms with van der Waals surface area (Å²) in [7, 11) is 0. The summed E-state index contributed by atoms with van der Waals surface area (Å²) in [4.78, 5) is 2.48. The largest absolute Gasteiger partial charge is 0.379 e. The van der Waals surface area contributed by atoms with Gasteiger partial charge in [0, 0.05) is 24.1 Å². The molecule has 1 unspecified atom stereocenters. The Balaban J connectivity index is 0.00000264. The van der Waals surface area contributed by atoms with Crippen molar-refractivity contribution in [2.45, 2.75) is 38.7 Å². The van der Waals surface area contributed by atoms with Gasteiger partial charge in [0.25, 0.3) is 0 Å². The smallest absolute Gasteiger partial charge is 0.0702 e. The van der Waals surface area contributed by atoms with E-state index in [0.29, 0.717) is 6.10 Å². The van der Waals surface area contributed by atoms with Crippen LogP contribution in [0.2, 0.25) is 0 Å². The highest BCUT2D eigenvalue weighted by Crippen LogP contribution is 2.13. The van der Waals surface area contributed by atoms with Gasteiger partial charge in [-0.1, -0.05) is 47.8 Å². The Kier molecular flexibility index (Phi) is 11.2. The molecule has 1 fully saturated rings. The van der Waals surface area contributed by atoms with E-state index in [9.17, 15) is 0 Å². The van der Waals surface area contributed by atoms with Crippen LogP contribution in [0.5, 0.6) is 0 Å². The molecule has 1 saturated heterocycles. The van der Waals surface area contributed by atoms with E-state index < -0.39 is 0 Å². The van der Waals surface area contributed by atoms with Crippen LogP contribution in [0.25, 0.3) is 0 Å². The van der Waals surface area contributed by atoms with Crippen LogP contribution >= 0.6 is 28.3 Å². The third-order valence-corrected chi connectivity index (χ3v) is 4.63. The van der Waals surface area contributed by atoms with Gasteiger partial charge < -0.3 is 9.47 Å². The quantitative estimate of drug-likeness (QED) is 0.609. The highest BCUT2D eigenvalue weighted by atomic mass is 79.9. The van der Waals surface area contributed by atoms with Crippen molar-refractivity contribution in [1.29, 1.82) is 0 Å². The van der Waals surface area contributed by atoms with Gasteiger partial charge in [-0.25, -0.2) is 0 Å². The summed E-state index contributed by atoms with van der Waals surface area (Å²) in [5, 5.41) is 0. The average molecular weight is 407 g/mol. The number of ether oxygens (including phenoxy) is 2. The first kappa shape index (κ1) is 20.9. The molecule has 2 rings (SSSR count). The molecule has 0 saturated carbocycles. The molecule has 0 radical (unpaired) electrons. The minimum Gasteiger partial charge on any atom is -0.379 e. The normalized spacial score (nSPS) is 16.8. The van der Waals surface area contributed by atoms with Gasteiger partial charge >= 0.3 is 0 Å². The Morgan fingerprint density at radius 3 is 2.57 bits per heavy atom. The lowest BCUT2D eigenvalue weighted by atomic mass is 10.1. The minimum atomic E-state index is 0. The summed E-state index contributed by atoms with van der Waals surface area (Å²) in [6.45, 7) is 7.90. The Bertz CT molecular complexity index is 410. The second kappa shape index (κ2) is 12.3. The lowest BCUT2D eigenvalue weighted by molar-refractivity contribution is -0.0146. The maximum atomic E-state index is 6.19. The monoisotopic (exact) mass is 405 g/mol. The van der Waals surface area contributed by atoms with Gasteiger partial charge in [-0.15, -0.1) is 12.4 Å². The van der Waals surface area contributed by atoms with Crippen LogP contribution in [0.1, 0.15) is 31.7 Å². The molecule has 0 aliphatic carbocycles. The fourth-order valence-electron chi connectivity index (χ4n) is 2.73. The number of morpholine rings is 1. The van der Waals surface area contributed by atoms with E-state index in [1.54, 1.807) is 0 Å². The molecule has 1 aliphatic heterocycles. The fraction of sp³-hybridized carbons (Fsp3) is 0.667. The molecule has 0 N–H and O–H groups in total.